The first-order valence-electron chi connectivity index (χ1n) is 4.30. The molecule has 0 saturated heterocycles. The molecule has 15 heavy (non-hydrogen) atoms. The van der Waals surface area contributed by atoms with Gasteiger partial charge in [0.1, 0.15) is 5.65 Å². The SMILES string of the molecule is Cc1nn(C)c2[nH]c(=O)cc(C(=O)O)c12. The van der Waals surface area contributed by atoms with Crippen LogP contribution in [0.3, 0.4) is 0 Å². The maximum Gasteiger partial charge on any atom is 0.336 e. The summed E-state index contributed by atoms with van der Waals surface area (Å²) in [5.74, 6) is -1.12. The molecule has 78 valence electrons. The Morgan fingerprint density at radius 3 is 2.87 bits per heavy atom. The van der Waals surface area contributed by atoms with Gasteiger partial charge in [-0.05, 0) is 6.92 Å². The third kappa shape index (κ3) is 1.30. The van der Waals surface area contributed by atoms with Crippen LogP contribution in [0.25, 0.3) is 11.0 Å². The minimum Gasteiger partial charge on any atom is -0.478 e. The van der Waals surface area contributed by atoms with E-state index in [2.05, 4.69) is 10.1 Å². The van der Waals surface area contributed by atoms with Gasteiger partial charge in [-0.15, -0.1) is 0 Å². The first kappa shape index (κ1) is 9.45. The number of aryl methyl sites for hydroxylation is 2. The molecule has 6 nitrogen and oxygen atoms in total. The molecule has 0 unspecified atom stereocenters. The van der Waals surface area contributed by atoms with Crippen molar-refractivity contribution in [2.45, 2.75) is 6.92 Å². The average Bonchev–Trinajstić information content (AvgIpc) is 2.41. The second-order valence-corrected chi connectivity index (χ2v) is 3.29. The van der Waals surface area contributed by atoms with Crippen LogP contribution < -0.4 is 5.56 Å². The number of aromatic nitrogens is 3. The Morgan fingerprint density at radius 2 is 2.27 bits per heavy atom. The van der Waals surface area contributed by atoms with E-state index in [-0.39, 0.29) is 5.56 Å². The molecule has 0 amide bonds. The lowest BCUT2D eigenvalue weighted by molar-refractivity contribution is 0.0698. The number of nitrogens with one attached hydrogen (secondary N) is 1. The van der Waals surface area contributed by atoms with Crippen LogP contribution >= 0.6 is 0 Å². The molecule has 0 aliphatic carbocycles. The molecule has 2 N–H and O–H groups in total. The van der Waals surface area contributed by atoms with Gasteiger partial charge in [0, 0.05) is 13.1 Å². The van der Waals surface area contributed by atoms with Gasteiger partial charge in [0.05, 0.1) is 16.6 Å². The van der Waals surface area contributed by atoms with Gasteiger partial charge in [0.2, 0.25) is 5.56 Å². The number of aromatic carboxylic acids is 1. The fourth-order valence-corrected chi connectivity index (χ4v) is 1.65. The third-order valence-corrected chi connectivity index (χ3v) is 2.24. The van der Waals surface area contributed by atoms with E-state index in [1.807, 2.05) is 0 Å². The van der Waals surface area contributed by atoms with Crippen LogP contribution in [0.5, 0.6) is 0 Å². The topological polar surface area (TPSA) is 88.0 Å². The van der Waals surface area contributed by atoms with Crippen LogP contribution in [0, 0.1) is 6.92 Å². The smallest absolute Gasteiger partial charge is 0.336 e. The van der Waals surface area contributed by atoms with Crippen molar-refractivity contribution in [2.24, 2.45) is 7.05 Å². The molecule has 2 aromatic heterocycles. The van der Waals surface area contributed by atoms with Crippen molar-refractivity contribution in [3.05, 3.63) is 27.7 Å². The van der Waals surface area contributed by atoms with E-state index < -0.39 is 11.5 Å². The van der Waals surface area contributed by atoms with Gasteiger partial charge in [-0.1, -0.05) is 0 Å². The van der Waals surface area contributed by atoms with Crippen molar-refractivity contribution in [1.82, 2.24) is 14.8 Å². The van der Waals surface area contributed by atoms with E-state index in [0.717, 1.165) is 6.07 Å². The highest BCUT2D eigenvalue weighted by Gasteiger charge is 2.15. The maximum absolute atomic E-state index is 11.2. The molecule has 0 aliphatic rings. The van der Waals surface area contributed by atoms with Crippen molar-refractivity contribution in [2.75, 3.05) is 0 Å². The summed E-state index contributed by atoms with van der Waals surface area (Å²) < 4.78 is 1.46. The first-order chi connectivity index (χ1) is 7.00. The number of carbonyl (C=O) groups is 1. The highest BCUT2D eigenvalue weighted by molar-refractivity contribution is 6.02. The molecule has 2 rings (SSSR count). The van der Waals surface area contributed by atoms with E-state index >= 15 is 0 Å². The standard InChI is InChI=1S/C9H9N3O3/c1-4-7-5(9(14)15)3-6(13)10-8(7)12(2)11-4/h3H,1-2H3,(H,10,13)(H,14,15). The maximum atomic E-state index is 11.2. The van der Waals surface area contributed by atoms with Gasteiger partial charge in [0.15, 0.2) is 0 Å². The Balaban J connectivity index is 3.02. The number of aromatic amines is 1. The molecule has 2 heterocycles. The van der Waals surface area contributed by atoms with Gasteiger partial charge >= 0.3 is 5.97 Å². The van der Waals surface area contributed by atoms with Crippen LogP contribution in [-0.2, 0) is 7.05 Å². The predicted octanol–water partition coefficient (Wildman–Crippen LogP) is 0.268. The highest BCUT2D eigenvalue weighted by Crippen LogP contribution is 2.18. The highest BCUT2D eigenvalue weighted by atomic mass is 16.4. The van der Waals surface area contributed by atoms with Gasteiger partial charge in [-0.2, -0.15) is 5.10 Å². The number of hydrogen-bond acceptors (Lipinski definition) is 3. The second kappa shape index (κ2) is 2.94. The van der Waals surface area contributed by atoms with Crippen molar-refractivity contribution >= 4 is 17.0 Å². The van der Waals surface area contributed by atoms with Gasteiger partial charge < -0.3 is 10.1 Å². The fourth-order valence-electron chi connectivity index (χ4n) is 1.65. The number of carboxylic acid groups (broad SMARTS) is 1. The molecule has 0 atom stereocenters. The molecule has 0 saturated carbocycles. The molecule has 0 aromatic carbocycles. The Kier molecular flexibility index (Phi) is 1.85. The zero-order chi connectivity index (χ0) is 11.2. The summed E-state index contributed by atoms with van der Waals surface area (Å²) in [4.78, 5) is 24.7. The minimum absolute atomic E-state index is 0.0145. The zero-order valence-electron chi connectivity index (χ0n) is 8.24. The quantitative estimate of drug-likeness (QED) is 0.702. The molecule has 6 heteroatoms. The molecule has 0 fully saturated rings. The molecule has 0 spiro atoms. The number of rotatable bonds is 1. The molecule has 0 bridgehead atoms. The molecular weight excluding hydrogens is 198 g/mol. The Labute approximate surface area is 84.2 Å². The van der Waals surface area contributed by atoms with Crippen LogP contribution in [0.15, 0.2) is 10.9 Å². The number of hydrogen-bond donors (Lipinski definition) is 2. The number of fused-ring (bicyclic) bond motifs is 1. The lowest BCUT2D eigenvalue weighted by atomic mass is 10.1. The first-order valence-corrected chi connectivity index (χ1v) is 4.30. The van der Waals surface area contributed by atoms with Gasteiger partial charge in [0.25, 0.3) is 0 Å². The number of carboxylic acids is 1. The van der Waals surface area contributed by atoms with E-state index in [1.165, 1.54) is 4.68 Å². The monoisotopic (exact) mass is 207 g/mol. The number of H-pyrrole nitrogens is 1. The van der Waals surface area contributed by atoms with Crippen LogP contribution in [0.2, 0.25) is 0 Å². The van der Waals surface area contributed by atoms with Crippen LogP contribution in [0.1, 0.15) is 16.1 Å². The molecule has 2 aromatic rings. The number of pyridine rings is 1. The minimum atomic E-state index is -1.12. The van der Waals surface area contributed by atoms with Crippen LogP contribution in [-0.4, -0.2) is 25.8 Å². The Hall–Kier alpha value is -2.11. The number of nitrogens with zero attached hydrogens (tertiary/aromatic N) is 2. The van der Waals surface area contributed by atoms with Crippen molar-refractivity contribution in [3.63, 3.8) is 0 Å². The predicted molar refractivity (Wildman–Crippen MR) is 53.0 cm³/mol. The van der Waals surface area contributed by atoms with E-state index in [1.54, 1.807) is 14.0 Å². The summed E-state index contributed by atoms with van der Waals surface area (Å²) in [7, 11) is 1.65. The van der Waals surface area contributed by atoms with Crippen LogP contribution in [0.4, 0.5) is 0 Å². The lowest BCUT2D eigenvalue weighted by Crippen LogP contribution is -2.11. The van der Waals surface area contributed by atoms with Gasteiger partial charge in [-0.3, -0.25) is 9.48 Å². The summed E-state index contributed by atoms with van der Waals surface area (Å²) in [5.41, 5.74) is 0.556. The third-order valence-electron chi connectivity index (χ3n) is 2.24. The second-order valence-electron chi connectivity index (χ2n) is 3.29. The van der Waals surface area contributed by atoms with E-state index in [9.17, 15) is 9.59 Å². The Bertz CT molecular complexity index is 609. The van der Waals surface area contributed by atoms with E-state index in [4.69, 9.17) is 5.11 Å². The fraction of sp³-hybridized carbons (Fsp3) is 0.222. The molecule has 0 radical (unpaired) electrons. The normalized spacial score (nSPS) is 10.8. The largest absolute Gasteiger partial charge is 0.478 e. The molecular formula is C9H9N3O3. The van der Waals surface area contributed by atoms with Crippen molar-refractivity contribution < 1.29 is 9.90 Å². The summed E-state index contributed by atoms with van der Waals surface area (Å²) in [6.45, 7) is 1.70. The Morgan fingerprint density at radius 1 is 1.60 bits per heavy atom. The average molecular weight is 207 g/mol. The summed E-state index contributed by atoms with van der Waals surface area (Å²) >= 11 is 0. The lowest BCUT2D eigenvalue weighted by Gasteiger charge is -1.97. The summed E-state index contributed by atoms with van der Waals surface area (Å²) in [6, 6.07) is 1.07. The van der Waals surface area contributed by atoms with Gasteiger partial charge in [-0.25, -0.2) is 4.79 Å². The van der Waals surface area contributed by atoms with Crippen molar-refractivity contribution in [3.8, 4) is 0 Å². The molecule has 0 aliphatic heterocycles. The van der Waals surface area contributed by atoms with Crippen molar-refractivity contribution in [1.29, 1.82) is 0 Å². The zero-order valence-corrected chi connectivity index (χ0v) is 8.24. The summed E-state index contributed by atoms with van der Waals surface area (Å²) in [6.07, 6.45) is 0. The summed E-state index contributed by atoms with van der Waals surface area (Å²) in [5, 5.41) is 13.5. The van der Waals surface area contributed by atoms with E-state index in [0.29, 0.717) is 16.7 Å².